The third-order valence-electron chi connectivity index (χ3n) is 5.60. The van der Waals surface area contributed by atoms with Crippen molar-refractivity contribution in [2.24, 2.45) is 0 Å². The predicted molar refractivity (Wildman–Crippen MR) is 111 cm³/mol. The number of carbonyl (C=O) groups excluding carboxylic acids is 1. The van der Waals surface area contributed by atoms with Crippen molar-refractivity contribution in [2.75, 3.05) is 37.4 Å². The second kappa shape index (κ2) is 7.46. The van der Waals surface area contributed by atoms with Gasteiger partial charge >= 0.3 is 0 Å². The van der Waals surface area contributed by atoms with E-state index in [0.717, 1.165) is 42.9 Å². The summed E-state index contributed by atoms with van der Waals surface area (Å²) in [5.74, 6) is 1.19. The first-order valence-corrected chi connectivity index (χ1v) is 10.0. The molecule has 2 aromatic rings. The molecule has 1 amide bonds. The van der Waals surface area contributed by atoms with E-state index in [1.54, 1.807) is 31.1 Å². The highest BCUT2D eigenvalue weighted by molar-refractivity contribution is 5.90. The Morgan fingerprint density at radius 1 is 1.21 bits per heavy atom. The summed E-state index contributed by atoms with van der Waals surface area (Å²) in [4.78, 5) is 41.8. The normalized spacial score (nSPS) is 18.8. The summed E-state index contributed by atoms with van der Waals surface area (Å²) in [5, 5.41) is 3.32. The van der Waals surface area contributed by atoms with Crippen LogP contribution in [0, 0.1) is 13.8 Å². The van der Waals surface area contributed by atoms with Gasteiger partial charge in [0.15, 0.2) is 5.82 Å². The van der Waals surface area contributed by atoms with Gasteiger partial charge in [-0.3, -0.25) is 9.59 Å². The maximum Gasteiger partial charge on any atom is 0.293 e. The molecule has 9 heteroatoms. The summed E-state index contributed by atoms with van der Waals surface area (Å²) >= 11 is 0. The lowest BCUT2D eigenvalue weighted by Crippen LogP contribution is -2.32. The van der Waals surface area contributed by atoms with E-state index in [1.165, 1.54) is 4.90 Å². The minimum Gasteiger partial charge on any atom is -0.361 e. The van der Waals surface area contributed by atoms with E-state index < -0.39 is 0 Å². The summed E-state index contributed by atoms with van der Waals surface area (Å²) in [6.07, 6.45) is 6.43. The topological polar surface area (TPSA) is 96.2 Å². The molecule has 3 heterocycles. The van der Waals surface area contributed by atoms with Gasteiger partial charge in [0.2, 0.25) is 5.82 Å². The zero-order valence-electron chi connectivity index (χ0n) is 17.3. The lowest BCUT2D eigenvalue weighted by Gasteiger charge is -2.22. The number of carbonyl (C=O) groups is 1. The lowest BCUT2D eigenvalue weighted by atomic mass is 10.2. The number of hydrogen-bond acceptors (Lipinski definition) is 7. The largest absolute Gasteiger partial charge is 0.361 e. The van der Waals surface area contributed by atoms with Crippen molar-refractivity contribution < 1.29 is 4.79 Å². The van der Waals surface area contributed by atoms with E-state index in [4.69, 9.17) is 0 Å². The van der Waals surface area contributed by atoms with Crippen LogP contribution in [0.15, 0.2) is 17.2 Å². The van der Waals surface area contributed by atoms with Crippen molar-refractivity contribution >= 4 is 17.5 Å². The summed E-state index contributed by atoms with van der Waals surface area (Å²) in [5.41, 5.74) is 1.71. The number of nitrogens with zero attached hydrogens (tertiary/aromatic N) is 6. The molecule has 29 heavy (non-hydrogen) atoms. The fourth-order valence-electron chi connectivity index (χ4n) is 3.65. The molecule has 1 saturated carbocycles. The van der Waals surface area contributed by atoms with Crippen molar-refractivity contribution in [3.05, 3.63) is 39.8 Å². The van der Waals surface area contributed by atoms with Crippen molar-refractivity contribution in [3.8, 4) is 0 Å². The number of nitrogens with one attached hydrogen (secondary N) is 1. The van der Waals surface area contributed by atoms with Crippen LogP contribution in [0.5, 0.6) is 0 Å². The molecular formula is C20H27N7O2. The average Bonchev–Trinajstić information content (AvgIpc) is 3.43. The minimum atomic E-state index is -0.211. The Hall–Kier alpha value is -2.97. The van der Waals surface area contributed by atoms with Gasteiger partial charge in [-0.1, -0.05) is 0 Å². The molecule has 1 aliphatic carbocycles. The highest BCUT2D eigenvalue weighted by Crippen LogP contribution is 2.33. The molecule has 154 valence electrons. The van der Waals surface area contributed by atoms with Crippen molar-refractivity contribution in [1.82, 2.24) is 24.4 Å². The van der Waals surface area contributed by atoms with E-state index in [-0.39, 0.29) is 23.3 Å². The number of rotatable bonds is 5. The number of hydrogen-bond donors (Lipinski definition) is 1. The molecule has 2 aliphatic rings. The summed E-state index contributed by atoms with van der Waals surface area (Å²) in [7, 11) is 3.38. The Balaban J connectivity index is 1.52. The van der Waals surface area contributed by atoms with Crippen molar-refractivity contribution in [3.63, 3.8) is 0 Å². The molecule has 0 radical (unpaired) electrons. The second-order valence-corrected chi connectivity index (χ2v) is 8.08. The zero-order chi connectivity index (χ0) is 20.7. The van der Waals surface area contributed by atoms with E-state index >= 15 is 0 Å². The maximum absolute atomic E-state index is 12.6. The molecule has 0 bridgehead atoms. The summed E-state index contributed by atoms with van der Waals surface area (Å²) < 4.78 is 1.78. The molecule has 1 saturated heterocycles. The molecule has 2 fully saturated rings. The fraction of sp³-hybridized carbons (Fsp3) is 0.550. The van der Waals surface area contributed by atoms with Gasteiger partial charge in [0.1, 0.15) is 5.82 Å². The Morgan fingerprint density at radius 2 is 1.97 bits per heavy atom. The molecule has 0 spiro atoms. The van der Waals surface area contributed by atoms with Crippen LogP contribution in [0.4, 0.5) is 11.6 Å². The van der Waals surface area contributed by atoms with Gasteiger partial charge in [-0.2, -0.15) is 0 Å². The van der Waals surface area contributed by atoms with E-state index in [9.17, 15) is 9.59 Å². The lowest BCUT2D eigenvalue weighted by molar-refractivity contribution is 0.0815. The third-order valence-corrected chi connectivity index (χ3v) is 5.60. The van der Waals surface area contributed by atoms with Crippen LogP contribution in [0.1, 0.15) is 47.2 Å². The number of anilines is 2. The Morgan fingerprint density at radius 3 is 2.66 bits per heavy atom. The summed E-state index contributed by atoms with van der Waals surface area (Å²) in [6.45, 7) is 5.34. The SMILES string of the molecule is Cc1nc(C(=O)N(C)C)nc(N2CC[C@@H](Nc3nccn(C4CC4)c3=O)C2)c1C. The Kier molecular flexibility index (Phi) is 4.97. The fourth-order valence-corrected chi connectivity index (χ4v) is 3.65. The van der Waals surface area contributed by atoms with Crippen LogP contribution < -0.4 is 15.8 Å². The molecule has 0 aromatic carbocycles. The van der Waals surface area contributed by atoms with Crippen molar-refractivity contribution in [1.29, 1.82) is 0 Å². The van der Waals surface area contributed by atoms with Gasteiger partial charge < -0.3 is 19.7 Å². The highest BCUT2D eigenvalue weighted by Gasteiger charge is 2.29. The predicted octanol–water partition coefficient (Wildman–Crippen LogP) is 1.38. The molecule has 2 aromatic heterocycles. The van der Waals surface area contributed by atoms with Crippen LogP contribution in [-0.2, 0) is 0 Å². The highest BCUT2D eigenvalue weighted by atomic mass is 16.2. The van der Waals surface area contributed by atoms with Crippen LogP contribution in [0.3, 0.4) is 0 Å². The van der Waals surface area contributed by atoms with Gasteiger partial charge in [-0.15, -0.1) is 0 Å². The monoisotopic (exact) mass is 397 g/mol. The third kappa shape index (κ3) is 3.81. The van der Waals surface area contributed by atoms with Crippen molar-refractivity contribution in [2.45, 2.75) is 45.2 Å². The molecule has 0 unspecified atom stereocenters. The first-order chi connectivity index (χ1) is 13.8. The van der Waals surface area contributed by atoms with E-state index in [2.05, 4.69) is 25.2 Å². The Bertz CT molecular complexity index is 997. The summed E-state index contributed by atoms with van der Waals surface area (Å²) in [6, 6.07) is 0.415. The minimum absolute atomic E-state index is 0.0543. The molecular weight excluding hydrogens is 370 g/mol. The van der Waals surface area contributed by atoms with Crippen LogP contribution in [0.2, 0.25) is 0 Å². The first kappa shape index (κ1) is 19.4. The average molecular weight is 397 g/mol. The molecule has 4 rings (SSSR count). The zero-order valence-corrected chi connectivity index (χ0v) is 17.3. The Labute approximate surface area is 169 Å². The van der Waals surface area contributed by atoms with Crippen LogP contribution in [-0.4, -0.2) is 63.6 Å². The first-order valence-electron chi connectivity index (χ1n) is 10.0. The van der Waals surface area contributed by atoms with E-state index in [0.29, 0.717) is 18.4 Å². The molecule has 1 N–H and O–H groups in total. The van der Waals surface area contributed by atoms with Gasteiger partial charge in [0.05, 0.1) is 0 Å². The number of aryl methyl sites for hydroxylation is 1. The number of aromatic nitrogens is 4. The van der Waals surface area contributed by atoms with E-state index in [1.807, 2.05) is 13.8 Å². The molecule has 9 nitrogen and oxygen atoms in total. The number of amides is 1. The molecule has 1 atom stereocenters. The van der Waals surface area contributed by atoms with Gasteiger partial charge in [-0.05, 0) is 33.1 Å². The molecule has 1 aliphatic heterocycles. The van der Waals surface area contributed by atoms with Crippen LogP contribution >= 0.6 is 0 Å². The second-order valence-electron chi connectivity index (χ2n) is 8.08. The smallest absolute Gasteiger partial charge is 0.293 e. The van der Waals surface area contributed by atoms with Gasteiger partial charge in [0.25, 0.3) is 11.5 Å². The standard InChI is InChI=1S/C20H27N7O2/c1-12-13(2)22-17(19(28)25(3)4)24-18(12)26-9-7-14(11-26)23-16-20(29)27(10-8-21-16)15-5-6-15/h8,10,14-15H,5-7,9,11H2,1-4H3,(H,21,23)/t14-/m1/s1. The quantitative estimate of drug-likeness (QED) is 0.814. The maximum atomic E-state index is 12.6. The van der Waals surface area contributed by atoms with Gasteiger partial charge in [0, 0.05) is 62.9 Å². The van der Waals surface area contributed by atoms with Gasteiger partial charge in [-0.25, -0.2) is 15.0 Å². The van der Waals surface area contributed by atoms with Crippen LogP contribution in [0.25, 0.3) is 0 Å².